The monoisotopic (exact) mass is 254 g/mol. The third-order valence-corrected chi connectivity index (χ3v) is 3.25. The van der Waals surface area contributed by atoms with Crippen molar-refractivity contribution in [1.29, 1.82) is 0 Å². The maximum atomic E-state index is 10.9. The molecule has 1 saturated carbocycles. The Hall–Kier alpha value is -1.20. The molecule has 1 unspecified atom stereocenters. The van der Waals surface area contributed by atoms with Crippen LogP contribution < -0.4 is 11.1 Å². The van der Waals surface area contributed by atoms with Crippen LogP contribution in [-0.4, -0.2) is 35.0 Å². The molecule has 2 atom stereocenters. The van der Waals surface area contributed by atoms with Gasteiger partial charge in [0, 0.05) is 11.6 Å². The van der Waals surface area contributed by atoms with Crippen LogP contribution in [0.25, 0.3) is 0 Å². The van der Waals surface area contributed by atoms with Gasteiger partial charge in [-0.2, -0.15) is 0 Å². The van der Waals surface area contributed by atoms with E-state index in [1.165, 1.54) is 0 Å². The van der Waals surface area contributed by atoms with E-state index in [1.807, 2.05) is 19.1 Å². The van der Waals surface area contributed by atoms with Crippen LogP contribution in [0.5, 0.6) is 0 Å². The first-order valence-electron chi connectivity index (χ1n) is 6.37. The molecule has 0 aromatic heterocycles. The Bertz CT molecular complexity index is 320. The average Bonchev–Trinajstić information content (AvgIpc) is 2.74. The second kappa shape index (κ2) is 6.66. The highest BCUT2D eigenvalue weighted by Gasteiger charge is 2.33. The first-order chi connectivity index (χ1) is 8.47. The van der Waals surface area contributed by atoms with Gasteiger partial charge in [-0.1, -0.05) is 25.0 Å². The molecular formula is C13H22N2O3. The molecule has 0 radical (unpaired) electrons. The van der Waals surface area contributed by atoms with Gasteiger partial charge >= 0.3 is 5.97 Å². The summed E-state index contributed by atoms with van der Waals surface area (Å²) in [6.07, 6.45) is 8.39. The fourth-order valence-corrected chi connectivity index (χ4v) is 2.39. The normalized spacial score (nSPS) is 21.9. The largest absolute Gasteiger partial charge is 0.481 e. The summed E-state index contributed by atoms with van der Waals surface area (Å²) in [6.45, 7) is 1.88. The van der Waals surface area contributed by atoms with Gasteiger partial charge in [-0.05, 0) is 19.8 Å². The number of hydrogen-bond donors (Lipinski definition) is 3. The number of carboxylic acid groups (broad SMARTS) is 1. The van der Waals surface area contributed by atoms with E-state index in [0.717, 1.165) is 25.7 Å². The third kappa shape index (κ3) is 4.58. The van der Waals surface area contributed by atoms with Gasteiger partial charge in [0.25, 0.3) is 0 Å². The Kier molecular flexibility index (Phi) is 5.50. The van der Waals surface area contributed by atoms with Crippen molar-refractivity contribution in [1.82, 2.24) is 5.32 Å². The number of carbonyl (C=O) groups is 2. The van der Waals surface area contributed by atoms with E-state index in [-0.39, 0.29) is 18.0 Å². The van der Waals surface area contributed by atoms with Crippen molar-refractivity contribution in [2.75, 3.05) is 0 Å². The lowest BCUT2D eigenvalue weighted by Crippen LogP contribution is -2.48. The van der Waals surface area contributed by atoms with E-state index in [9.17, 15) is 9.59 Å². The van der Waals surface area contributed by atoms with Crippen LogP contribution in [0.1, 0.15) is 39.0 Å². The molecule has 1 aliphatic rings. The number of carbonyl (C=O) groups excluding carboxylic acids is 1. The molecule has 1 aliphatic carbocycles. The highest BCUT2D eigenvalue weighted by atomic mass is 16.4. The molecule has 0 aromatic rings. The molecule has 0 heterocycles. The molecule has 0 spiro atoms. The zero-order valence-corrected chi connectivity index (χ0v) is 10.8. The number of aldehydes is 1. The summed E-state index contributed by atoms with van der Waals surface area (Å²) < 4.78 is 0. The fraction of sp³-hybridized carbons (Fsp3) is 0.692. The van der Waals surface area contributed by atoms with Crippen LogP contribution in [0, 0.1) is 0 Å². The van der Waals surface area contributed by atoms with Crippen LogP contribution in [0.4, 0.5) is 0 Å². The van der Waals surface area contributed by atoms with Crippen molar-refractivity contribution >= 4 is 12.3 Å². The van der Waals surface area contributed by atoms with Gasteiger partial charge in [0.2, 0.25) is 0 Å². The zero-order valence-electron chi connectivity index (χ0n) is 10.8. The van der Waals surface area contributed by atoms with Gasteiger partial charge < -0.3 is 15.6 Å². The van der Waals surface area contributed by atoms with Gasteiger partial charge in [-0.15, -0.1) is 0 Å². The minimum absolute atomic E-state index is 0.0431. The molecular weight excluding hydrogens is 232 g/mol. The Morgan fingerprint density at radius 1 is 1.50 bits per heavy atom. The molecule has 4 N–H and O–H groups in total. The topological polar surface area (TPSA) is 92.4 Å². The summed E-state index contributed by atoms with van der Waals surface area (Å²) in [6, 6.07) is -0.684. The van der Waals surface area contributed by atoms with E-state index in [2.05, 4.69) is 5.32 Å². The Balaban J connectivity index is 2.72. The third-order valence-electron chi connectivity index (χ3n) is 3.25. The number of rotatable bonds is 7. The van der Waals surface area contributed by atoms with E-state index >= 15 is 0 Å². The lowest BCUT2D eigenvalue weighted by molar-refractivity contribution is -0.138. The highest BCUT2D eigenvalue weighted by molar-refractivity contribution is 5.73. The molecule has 5 nitrogen and oxygen atoms in total. The summed E-state index contributed by atoms with van der Waals surface area (Å²) in [7, 11) is 0. The predicted octanol–water partition coefficient (Wildman–Crippen LogP) is 0.834. The number of carboxylic acids is 1. The van der Waals surface area contributed by atoms with Gasteiger partial charge in [-0.25, -0.2) is 0 Å². The van der Waals surface area contributed by atoms with Crippen molar-refractivity contribution in [3.63, 3.8) is 0 Å². The van der Waals surface area contributed by atoms with Crippen LogP contribution in [0.15, 0.2) is 12.2 Å². The average molecular weight is 254 g/mol. The van der Waals surface area contributed by atoms with Crippen LogP contribution in [0.3, 0.4) is 0 Å². The molecule has 1 rings (SSSR count). The maximum Gasteiger partial charge on any atom is 0.305 e. The number of nitrogens with two attached hydrogens (primary N) is 1. The molecule has 0 bridgehead atoms. The van der Waals surface area contributed by atoms with Crippen LogP contribution >= 0.6 is 0 Å². The van der Waals surface area contributed by atoms with Crippen LogP contribution in [0.2, 0.25) is 0 Å². The van der Waals surface area contributed by atoms with Gasteiger partial charge in [0.15, 0.2) is 0 Å². The van der Waals surface area contributed by atoms with E-state index < -0.39 is 12.0 Å². The van der Waals surface area contributed by atoms with E-state index in [1.54, 1.807) is 0 Å². The Morgan fingerprint density at radius 2 is 2.11 bits per heavy atom. The molecule has 1 fully saturated rings. The molecule has 18 heavy (non-hydrogen) atoms. The number of aliphatic carboxylic acids is 1. The molecule has 5 heteroatoms. The minimum atomic E-state index is -0.969. The number of nitrogens with one attached hydrogen (secondary N) is 1. The standard InChI is InChI=1S/C13H22N2O3/c1-10(14)4-7-13(5-2-3-6-13)15-11(9-16)8-12(17)18/h4,7,9-11,15H,2-3,5-6,8,14H2,1H3,(H,17,18)/t10?,11-/m1/s1. The second-order valence-electron chi connectivity index (χ2n) is 5.07. The smallest absolute Gasteiger partial charge is 0.305 e. The van der Waals surface area contributed by atoms with Crippen molar-refractivity contribution in [2.45, 2.75) is 56.7 Å². The fourth-order valence-electron chi connectivity index (χ4n) is 2.39. The van der Waals surface area contributed by atoms with Crippen molar-refractivity contribution < 1.29 is 14.7 Å². The van der Waals surface area contributed by atoms with Gasteiger partial charge in [0.05, 0.1) is 12.5 Å². The molecule has 0 aliphatic heterocycles. The first-order valence-corrected chi connectivity index (χ1v) is 6.37. The highest BCUT2D eigenvalue weighted by Crippen LogP contribution is 2.31. The second-order valence-corrected chi connectivity index (χ2v) is 5.07. The summed E-state index contributed by atoms with van der Waals surface area (Å²) in [5, 5.41) is 11.9. The van der Waals surface area contributed by atoms with E-state index in [0.29, 0.717) is 6.29 Å². The molecule has 0 saturated heterocycles. The summed E-state index contributed by atoms with van der Waals surface area (Å²) >= 11 is 0. The summed E-state index contributed by atoms with van der Waals surface area (Å²) in [5.74, 6) is -0.969. The minimum Gasteiger partial charge on any atom is -0.481 e. The SMILES string of the molecule is CC(N)C=CC1(N[C@@H](C=O)CC(=O)O)CCCC1. The van der Waals surface area contributed by atoms with Crippen molar-refractivity contribution in [2.24, 2.45) is 5.73 Å². The lowest BCUT2D eigenvalue weighted by atomic mass is 9.94. The summed E-state index contributed by atoms with van der Waals surface area (Å²) in [5.41, 5.74) is 5.43. The maximum absolute atomic E-state index is 10.9. The van der Waals surface area contributed by atoms with E-state index in [4.69, 9.17) is 10.8 Å². The first kappa shape index (κ1) is 14.9. The Labute approximate surface area is 107 Å². The molecule has 102 valence electrons. The van der Waals surface area contributed by atoms with Gasteiger partial charge in [0.1, 0.15) is 6.29 Å². The van der Waals surface area contributed by atoms with Crippen molar-refractivity contribution in [3.8, 4) is 0 Å². The quantitative estimate of drug-likeness (QED) is 0.462. The lowest BCUT2D eigenvalue weighted by Gasteiger charge is -2.30. The predicted molar refractivity (Wildman–Crippen MR) is 69.2 cm³/mol. The van der Waals surface area contributed by atoms with Crippen molar-refractivity contribution in [3.05, 3.63) is 12.2 Å². The zero-order chi connectivity index (χ0) is 13.6. The summed E-state index contributed by atoms with van der Waals surface area (Å²) in [4.78, 5) is 21.6. The number of hydrogen-bond acceptors (Lipinski definition) is 4. The van der Waals surface area contributed by atoms with Gasteiger partial charge in [-0.3, -0.25) is 10.1 Å². The van der Waals surface area contributed by atoms with Crippen LogP contribution in [-0.2, 0) is 9.59 Å². The molecule has 0 amide bonds. The molecule has 0 aromatic carbocycles. The Morgan fingerprint density at radius 3 is 2.56 bits per heavy atom.